The Balaban J connectivity index is 3.07. The third kappa shape index (κ3) is 2.46. The minimum atomic E-state index is -0.765. The molecule has 0 aliphatic rings. The zero-order valence-electron chi connectivity index (χ0n) is 8.28. The lowest BCUT2D eigenvalue weighted by Gasteiger charge is -2.04. The van der Waals surface area contributed by atoms with Gasteiger partial charge in [0, 0.05) is 12.1 Å². The highest BCUT2D eigenvalue weighted by Crippen LogP contribution is 2.17. The summed E-state index contributed by atoms with van der Waals surface area (Å²) in [4.78, 5) is 22.3. The Hall–Kier alpha value is -2.04. The lowest BCUT2D eigenvalue weighted by atomic mass is 10.1. The second-order valence-electron chi connectivity index (χ2n) is 2.96. The number of hydrogen-bond acceptors (Lipinski definition) is 3. The van der Waals surface area contributed by atoms with Crippen molar-refractivity contribution >= 4 is 11.8 Å². The Morgan fingerprint density at radius 1 is 1.47 bits per heavy atom. The fourth-order valence-corrected chi connectivity index (χ4v) is 1.14. The SMILES string of the molecule is CCNC(=O)c1ccc(O)c(C(N)=O)c1. The van der Waals surface area contributed by atoms with Gasteiger partial charge in [-0.2, -0.15) is 0 Å². The van der Waals surface area contributed by atoms with E-state index >= 15 is 0 Å². The van der Waals surface area contributed by atoms with Gasteiger partial charge in [0.25, 0.3) is 11.8 Å². The largest absolute Gasteiger partial charge is 0.507 e. The molecule has 1 aromatic rings. The van der Waals surface area contributed by atoms with E-state index in [1.807, 2.05) is 0 Å². The van der Waals surface area contributed by atoms with Crippen molar-refractivity contribution in [1.29, 1.82) is 0 Å². The fourth-order valence-electron chi connectivity index (χ4n) is 1.14. The molecular formula is C10H12N2O3. The molecule has 0 aromatic heterocycles. The molecule has 5 nitrogen and oxygen atoms in total. The van der Waals surface area contributed by atoms with Gasteiger partial charge < -0.3 is 16.2 Å². The van der Waals surface area contributed by atoms with E-state index in [0.29, 0.717) is 12.1 Å². The molecule has 0 aliphatic heterocycles. The van der Waals surface area contributed by atoms with Crippen LogP contribution in [0.4, 0.5) is 0 Å². The molecule has 0 bridgehead atoms. The first-order valence-corrected chi connectivity index (χ1v) is 4.47. The number of nitrogens with one attached hydrogen (secondary N) is 1. The number of carbonyl (C=O) groups excluding carboxylic acids is 2. The predicted octanol–water partition coefficient (Wildman–Crippen LogP) is 0.241. The first kappa shape index (κ1) is 11.0. The number of aromatic hydroxyl groups is 1. The Morgan fingerprint density at radius 2 is 2.13 bits per heavy atom. The average Bonchev–Trinajstić information content (AvgIpc) is 2.18. The second-order valence-corrected chi connectivity index (χ2v) is 2.96. The van der Waals surface area contributed by atoms with Gasteiger partial charge in [0.2, 0.25) is 0 Å². The normalized spacial score (nSPS) is 9.67. The van der Waals surface area contributed by atoms with E-state index in [9.17, 15) is 14.7 Å². The van der Waals surface area contributed by atoms with Crippen LogP contribution < -0.4 is 11.1 Å². The molecule has 0 spiro atoms. The summed E-state index contributed by atoms with van der Waals surface area (Å²) in [5, 5.41) is 11.9. The van der Waals surface area contributed by atoms with Crippen LogP contribution in [0.25, 0.3) is 0 Å². The summed E-state index contributed by atoms with van der Waals surface area (Å²) >= 11 is 0. The van der Waals surface area contributed by atoms with Crippen LogP contribution in [-0.4, -0.2) is 23.5 Å². The number of amides is 2. The number of benzene rings is 1. The van der Waals surface area contributed by atoms with Gasteiger partial charge in [-0.05, 0) is 25.1 Å². The molecule has 2 amide bonds. The molecule has 0 saturated carbocycles. The van der Waals surface area contributed by atoms with E-state index < -0.39 is 5.91 Å². The predicted molar refractivity (Wildman–Crippen MR) is 54.6 cm³/mol. The van der Waals surface area contributed by atoms with Crippen LogP contribution in [0.3, 0.4) is 0 Å². The van der Waals surface area contributed by atoms with Crippen LogP contribution in [0, 0.1) is 0 Å². The van der Waals surface area contributed by atoms with Crippen LogP contribution in [0.15, 0.2) is 18.2 Å². The molecule has 0 fully saturated rings. The van der Waals surface area contributed by atoms with Gasteiger partial charge in [-0.1, -0.05) is 0 Å². The highest BCUT2D eigenvalue weighted by molar-refractivity contribution is 6.00. The molecule has 15 heavy (non-hydrogen) atoms. The number of nitrogens with two attached hydrogens (primary N) is 1. The van der Waals surface area contributed by atoms with Gasteiger partial charge in [0.15, 0.2) is 0 Å². The number of hydrogen-bond donors (Lipinski definition) is 3. The zero-order valence-corrected chi connectivity index (χ0v) is 8.28. The van der Waals surface area contributed by atoms with Gasteiger partial charge in [0.1, 0.15) is 5.75 Å². The summed E-state index contributed by atoms with van der Waals surface area (Å²) in [6.45, 7) is 2.28. The number of phenols is 1. The van der Waals surface area contributed by atoms with E-state index in [4.69, 9.17) is 5.73 Å². The summed E-state index contributed by atoms with van der Waals surface area (Å²) in [5.74, 6) is -1.30. The van der Waals surface area contributed by atoms with Crippen molar-refractivity contribution < 1.29 is 14.7 Å². The van der Waals surface area contributed by atoms with Crippen molar-refractivity contribution in [2.45, 2.75) is 6.92 Å². The molecule has 0 radical (unpaired) electrons. The van der Waals surface area contributed by atoms with Gasteiger partial charge in [-0.25, -0.2) is 0 Å². The van der Waals surface area contributed by atoms with E-state index in [2.05, 4.69) is 5.32 Å². The molecule has 1 rings (SSSR count). The lowest BCUT2D eigenvalue weighted by Crippen LogP contribution is -2.23. The first-order valence-electron chi connectivity index (χ1n) is 4.47. The van der Waals surface area contributed by atoms with Crippen LogP contribution in [0.5, 0.6) is 5.75 Å². The molecule has 1 aromatic carbocycles. The van der Waals surface area contributed by atoms with Gasteiger partial charge in [-0.15, -0.1) is 0 Å². The van der Waals surface area contributed by atoms with Crippen molar-refractivity contribution in [1.82, 2.24) is 5.32 Å². The highest BCUT2D eigenvalue weighted by atomic mass is 16.3. The quantitative estimate of drug-likeness (QED) is 0.664. The summed E-state index contributed by atoms with van der Waals surface area (Å²) < 4.78 is 0. The molecular weight excluding hydrogens is 196 g/mol. The Labute approximate surface area is 86.9 Å². The van der Waals surface area contributed by atoms with E-state index in [0.717, 1.165) is 0 Å². The number of carbonyl (C=O) groups is 2. The van der Waals surface area contributed by atoms with E-state index in [1.54, 1.807) is 6.92 Å². The van der Waals surface area contributed by atoms with Crippen LogP contribution in [0.2, 0.25) is 0 Å². The van der Waals surface area contributed by atoms with Crippen LogP contribution >= 0.6 is 0 Å². The molecule has 0 heterocycles. The Kier molecular flexibility index (Phi) is 3.28. The van der Waals surface area contributed by atoms with Crippen molar-refractivity contribution in [2.75, 3.05) is 6.54 Å². The minimum absolute atomic E-state index is 0.0567. The number of primary amides is 1. The summed E-state index contributed by atoms with van der Waals surface area (Å²) in [5.41, 5.74) is 5.27. The summed E-state index contributed by atoms with van der Waals surface area (Å²) in [7, 11) is 0. The minimum Gasteiger partial charge on any atom is -0.507 e. The molecule has 4 N–H and O–H groups in total. The monoisotopic (exact) mass is 208 g/mol. The average molecular weight is 208 g/mol. The molecule has 0 saturated heterocycles. The van der Waals surface area contributed by atoms with Crippen molar-refractivity contribution in [3.8, 4) is 5.75 Å². The van der Waals surface area contributed by atoms with Gasteiger partial charge in [-0.3, -0.25) is 9.59 Å². The van der Waals surface area contributed by atoms with Crippen LogP contribution in [-0.2, 0) is 0 Å². The maximum atomic E-state index is 11.4. The van der Waals surface area contributed by atoms with Crippen molar-refractivity contribution in [3.05, 3.63) is 29.3 Å². The topological polar surface area (TPSA) is 92.4 Å². The van der Waals surface area contributed by atoms with Crippen molar-refractivity contribution in [2.24, 2.45) is 5.73 Å². The van der Waals surface area contributed by atoms with Crippen molar-refractivity contribution in [3.63, 3.8) is 0 Å². The Morgan fingerprint density at radius 3 is 2.67 bits per heavy atom. The summed E-state index contributed by atoms with van der Waals surface area (Å²) in [6, 6.07) is 3.96. The Bertz CT molecular complexity index is 402. The van der Waals surface area contributed by atoms with Gasteiger partial charge in [0.05, 0.1) is 5.56 Å². The third-order valence-electron chi connectivity index (χ3n) is 1.86. The fraction of sp³-hybridized carbons (Fsp3) is 0.200. The maximum absolute atomic E-state index is 11.4. The second kappa shape index (κ2) is 4.45. The molecule has 80 valence electrons. The standard InChI is InChI=1S/C10H12N2O3/c1-2-12-10(15)6-3-4-8(13)7(5-6)9(11)14/h3-5,13H,2H2,1H3,(H2,11,14)(H,12,15). The molecule has 0 unspecified atom stereocenters. The van der Waals surface area contributed by atoms with E-state index in [-0.39, 0.29) is 17.2 Å². The molecule has 0 atom stereocenters. The smallest absolute Gasteiger partial charge is 0.252 e. The van der Waals surface area contributed by atoms with Crippen LogP contribution in [0.1, 0.15) is 27.6 Å². The summed E-state index contributed by atoms with van der Waals surface area (Å²) in [6.07, 6.45) is 0. The molecule has 5 heteroatoms. The lowest BCUT2D eigenvalue weighted by molar-refractivity contribution is 0.0956. The maximum Gasteiger partial charge on any atom is 0.252 e. The zero-order chi connectivity index (χ0) is 11.4. The highest BCUT2D eigenvalue weighted by Gasteiger charge is 2.11. The van der Waals surface area contributed by atoms with E-state index in [1.165, 1.54) is 18.2 Å². The van der Waals surface area contributed by atoms with Gasteiger partial charge >= 0.3 is 0 Å². The first-order chi connectivity index (χ1) is 7.06. The molecule has 0 aliphatic carbocycles. The number of rotatable bonds is 3. The third-order valence-corrected chi connectivity index (χ3v) is 1.86.